The monoisotopic (exact) mass is 412 g/mol. The molecular weight excluding hydrogens is 392 g/mol. The summed E-state index contributed by atoms with van der Waals surface area (Å²) in [7, 11) is 4.42. The molecule has 0 aliphatic heterocycles. The SMILES string of the molecule is COc1cc(C(=O)Nc2ccccc2-c2nnn(CC(N)=O)n2)cc(OC)c1OC. The van der Waals surface area contributed by atoms with Crippen LogP contribution in [0.15, 0.2) is 36.4 Å². The number of para-hydroxylation sites is 1. The number of hydrogen-bond acceptors (Lipinski definition) is 8. The quantitative estimate of drug-likeness (QED) is 0.560. The highest BCUT2D eigenvalue weighted by molar-refractivity contribution is 6.06. The van der Waals surface area contributed by atoms with Gasteiger partial charge in [-0.1, -0.05) is 12.1 Å². The van der Waals surface area contributed by atoms with Gasteiger partial charge in [-0.05, 0) is 29.5 Å². The van der Waals surface area contributed by atoms with Crippen LogP contribution in [0.25, 0.3) is 11.4 Å². The Labute approximate surface area is 171 Å². The molecule has 0 fully saturated rings. The molecule has 0 saturated carbocycles. The lowest BCUT2D eigenvalue weighted by atomic mass is 10.1. The fourth-order valence-corrected chi connectivity index (χ4v) is 2.75. The second-order valence-corrected chi connectivity index (χ2v) is 6.02. The molecule has 0 radical (unpaired) electrons. The number of aromatic nitrogens is 4. The first kappa shape index (κ1) is 20.6. The van der Waals surface area contributed by atoms with Gasteiger partial charge < -0.3 is 25.3 Å². The number of hydrogen-bond donors (Lipinski definition) is 2. The Balaban J connectivity index is 1.91. The van der Waals surface area contributed by atoms with Gasteiger partial charge in [0.05, 0.1) is 27.0 Å². The number of nitrogens with two attached hydrogens (primary N) is 1. The third-order valence-corrected chi connectivity index (χ3v) is 4.09. The van der Waals surface area contributed by atoms with Crippen LogP contribution in [0.2, 0.25) is 0 Å². The third-order valence-electron chi connectivity index (χ3n) is 4.09. The Morgan fingerprint density at radius 2 is 1.73 bits per heavy atom. The van der Waals surface area contributed by atoms with Crippen LogP contribution in [-0.4, -0.2) is 53.4 Å². The Hall–Kier alpha value is -4.15. The number of anilines is 1. The molecule has 0 atom stereocenters. The molecule has 3 N–H and O–H groups in total. The minimum absolute atomic E-state index is 0.201. The van der Waals surface area contributed by atoms with E-state index in [0.29, 0.717) is 34.1 Å². The van der Waals surface area contributed by atoms with Crippen LogP contribution in [-0.2, 0) is 11.3 Å². The van der Waals surface area contributed by atoms with Crippen LogP contribution in [0.5, 0.6) is 17.2 Å². The molecule has 1 aromatic heterocycles. The smallest absolute Gasteiger partial charge is 0.255 e. The van der Waals surface area contributed by atoms with Crippen LogP contribution in [0.4, 0.5) is 5.69 Å². The molecule has 11 nitrogen and oxygen atoms in total. The van der Waals surface area contributed by atoms with Crippen LogP contribution in [0.3, 0.4) is 0 Å². The highest BCUT2D eigenvalue weighted by Gasteiger charge is 2.19. The first-order valence-corrected chi connectivity index (χ1v) is 8.73. The van der Waals surface area contributed by atoms with Crippen molar-refractivity contribution in [1.82, 2.24) is 20.2 Å². The zero-order valence-electron chi connectivity index (χ0n) is 16.6. The normalized spacial score (nSPS) is 10.4. The minimum Gasteiger partial charge on any atom is -0.493 e. The van der Waals surface area contributed by atoms with Crippen molar-refractivity contribution in [1.29, 1.82) is 0 Å². The topological polar surface area (TPSA) is 143 Å². The molecule has 30 heavy (non-hydrogen) atoms. The summed E-state index contributed by atoms with van der Waals surface area (Å²) in [5.41, 5.74) is 6.42. The zero-order chi connectivity index (χ0) is 21.7. The maximum atomic E-state index is 12.9. The number of nitrogens with one attached hydrogen (secondary N) is 1. The first-order valence-electron chi connectivity index (χ1n) is 8.73. The zero-order valence-corrected chi connectivity index (χ0v) is 16.6. The maximum Gasteiger partial charge on any atom is 0.255 e. The van der Waals surface area contributed by atoms with Crippen LogP contribution >= 0.6 is 0 Å². The van der Waals surface area contributed by atoms with Gasteiger partial charge >= 0.3 is 0 Å². The largest absolute Gasteiger partial charge is 0.493 e. The van der Waals surface area contributed by atoms with Gasteiger partial charge in [0.1, 0.15) is 6.54 Å². The van der Waals surface area contributed by atoms with E-state index < -0.39 is 11.8 Å². The van der Waals surface area contributed by atoms with Gasteiger partial charge in [0, 0.05) is 11.1 Å². The number of carbonyl (C=O) groups excluding carboxylic acids is 2. The molecule has 3 aromatic rings. The molecule has 0 unspecified atom stereocenters. The number of carbonyl (C=O) groups is 2. The van der Waals surface area contributed by atoms with Gasteiger partial charge in [0.2, 0.25) is 17.5 Å². The number of tetrazole rings is 1. The second kappa shape index (κ2) is 8.90. The molecule has 0 aliphatic rings. The molecule has 3 rings (SSSR count). The van der Waals surface area contributed by atoms with Crippen molar-refractivity contribution in [2.45, 2.75) is 6.54 Å². The summed E-state index contributed by atoms with van der Waals surface area (Å²) in [6, 6.07) is 10.0. The van der Waals surface area contributed by atoms with Crippen molar-refractivity contribution >= 4 is 17.5 Å². The Morgan fingerprint density at radius 1 is 1.07 bits per heavy atom. The average Bonchev–Trinajstić information content (AvgIpc) is 3.20. The van der Waals surface area contributed by atoms with Crippen molar-refractivity contribution in [3.63, 3.8) is 0 Å². The Morgan fingerprint density at radius 3 is 2.33 bits per heavy atom. The van der Waals surface area contributed by atoms with Crippen LogP contribution in [0, 0.1) is 0 Å². The lowest BCUT2D eigenvalue weighted by molar-refractivity contribution is -0.118. The standard InChI is InChI=1S/C19H20N6O5/c1-28-14-8-11(9-15(29-2)17(14)30-3)19(27)21-13-7-5-4-6-12(13)18-22-24-25(23-18)10-16(20)26/h4-9H,10H2,1-3H3,(H2,20,26)(H,21,27). The van der Waals surface area contributed by atoms with Crippen molar-refractivity contribution < 1.29 is 23.8 Å². The molecule has 2 amide bonds. The van der Waals surface area contributed by atoms with Gasteiger partial charge in [-0.25, -0.2) is 0 Å². The summed E-state index contributed by atoms with van der Waals surface area (Å²) in [4.78, 5) is 25.0. The number of nitrogens with zero attached hydrogens (tertiary/aromatic N) is 4. The summed E-state index contributed by atoms with van der Waals surface area (Å²) < 4.78 is 15.9. The Kier molecular flexibility index (Phi) is 6.11. The van der Waals surface area contributed by atoms with Crippen molar-refractivity contribution in [2.24, 2.45) is 5.73 Å². The van der Waals surface area contributed by atoms with E-state index in [1.165, 1.54) is 21.3 Å². The van der Waals surface area contributed by atoms with E-state index in [2.05, 4.69) is 20.7 Å². The summed E-state index contributed by atoms with van der Waals surface area (Å²) >= 11 is 0. The fraction of sp³-hybridized carbons (Fsp3) is 0.211. The van der Waals surface area contributed by atoms with Crippen molar-refractivity contribution in [3.8, 4) is 28.6 Å². The van der Waals surface area contributed by atoms with E-state index in [4.69, 9.17) is 19.9 Å². The highest BCUT2D eigenvalue weighted by Crippen LogP contribution is 2.38. The average molecular weight is 412 g/mol. The molecule has 11 heteroatoms. The van der Waals surface area contributed by atoms with Gasteiger partial charge in [-0.15, -0.1) is 10.2 Å². The van der Waals surface area contributed by atoms with E-state index in [9.17, 15) is 9.59 Å². The molecule has 0 saturated heterocycles. The summed E-state index contributed by atoms with van der Waals surface area (Å²) in [6.07, 6.45) is 0. The van der Waals surface area contributed by atoms with Gasteiger partial charge in [-0.2, -0.15) is 4.80 Å². The molecule has 1 heterocycles. The first-order chi connectivity index (χ1) is 14.5. The summed E-state index contributed by atoms with van der Waals surface area (Å²) in [6.45, 7) is -0.201. The number of amides is 2. The van der Waals surface area contributed by atoms with Gasteiger partial charge in [0.15, 0.2) is 11.5 Å². The summed E-state index contributed by atoms with van der Waals surface area (Å²) in [5, 5.41) is 14.7. The van der Waals surface area contributed by atoms with E-state index in [1.54, 1.807) is 36.4 Å². The number of primary amides is 1. The molecule has 0 spiro atoms. The number of rotatable bonds is 8. The molecule has 156 valence electrons. The second-order valence-electron chi connectivity index (χ2n) is 6.02. The number of ether oxygens (including phenoxy) is 3. The minimum atomic E-state index is -0.595. The van der Waals surface area contributed by atoms with Crippen LogP contribution < -0.4 is 25.3 Å². The van der Waals surface area contributed by atoms with Crippen molar-refractivity contribution in [3.05, 3.63) is 42.0 Å². The molecular formula is C19H20N6O5. The maximum absolute atomic E-state index is 12.9. The lowest BCUT2D eigenvalue weighted by Crippen LogP contribution is -2.20. The van der Waals surface area contributed by atoms with E-state index in [0.717, 1.165) is 4.80 Å². The van der Waals surface area contributed by atoms with E-state index in [1.807, 2.05) is 0 Å². The third kappa shape index (κ3) is 4.29. The molecule has 0 aliphatic carbocycles. The van der Waals surface area contributed by atoms with Crippen LogP contribution in [0.1, 0.15) is 10.4 Å². The highest BCUT2D eigenvalue weighted by atomic mass is 16.5. The fourth-order valence-electron chi connectivity index (χ4n) is 2.75. The number of methoxy groups -OCH3 is 3. The van der Waals surface area contributed by atoms with Gasteiger partial charge in [-0.3, -0.25) is 9.59 Å². The predicted molar refractivity (Wildman–Crippen MR) is 106 cm³/mol. The van der Waals surface area contributed by atoms with Crippen molar-refractivity contribution in [2.75, 3.05) is 26.6 Å². The predicted octanol–water partition coefficient (Wildman–Crippen LogP) is 1.10. The summed E-state index contributed by atoms with van der Waals surface area (Å²) in [5.74, 6) is 0.316. The van der Waals surface area contributed by atoms with Gasteiger partial charge in [0.25, 0.3) is 5.91 Å². The Bertz CT molecular complexity index is 1060. The molecule has 2 aromatic carbocycles. The van der Waals surface area contributed by atoms with E-state index in [-0.39, 0.29) is 12.4 Å². The van der Waals surface area contributed by atoms with E-state index >= 15 is 0 Å². The number of benzene rings is 2. The lowest BCUT2D eigenvalue weighted by Gasteiger charge is -2.14. The molecule has 0 bridgehead atoms.